The molecule has 4 rings (SSSR count). The molecule has 3 aromatic rings. The zero-order chi connectivity index (χ0) is 19.6. The Kier molecular flexibility index (Phi) is 5.23. The van der Waals surface area contributed by atoms with Crippen LogP contribution in [0.4, 0.5) is 5.95 Å². The van der Waals surface area contributed by atoms with Crippen LogP contribution in [0.1, 0.15) is 30.7 Å². The Labute approximate surface area is 164 Å². The van der Waals surface area contributed by atoms with Gasteiger partial charge in [-0.2, -0.15) is 0 Å². The van der Waals surface area contributed by atoms with Crippen molar-refractivity contribution in [1.82, 2.24) is 19.7 Å². The van der Waals surface area contributed by atoms with Crippen molar-refractivity contribution in [1.29, 1.82) is 0 Å². The van der Waals surface area contributed by atoms with E-state index in [0.29, 0.717) is 17.2 Å². The number of nitrogens with zero attached hydrogens (tertiary/aromatic N) is 4. The standard InChI is InChI=1S/C20H23N5O2S/c1-15-13-17(24-20(23-15)25-11-3-2-4-12-25)14-22-28(26,27)18-9-5-7-16-8-6-10-21-19(16)18/h5-10,13,22H,2-4,11-12,14H2,1H3. The third-order valence-electron chi connectivity index (χ3n) is 4.86. The molecular formula is C20H23N5O2S. The number of aromatic nitrogens is 3. The molecule has 0 radical (unpaired) electrons. The summed E-state index contributed by atoms with van der Waals surface area (Å²) in [4.78, 5) is 15.7. The van der Waals surface area contributed by atoms with Gasteiger partial charge in [0.2, 0.25) is 16.0 Å². The molecule has 1 aromatic carbocycles. The lowest BCUT2D eigenvalue weighted by Gasteiger charge is -2.27. The molecular weight excluding hydrogens is 374 g/mol. The molecule has 0 saturated carbocycles. The zero-order valence-corrected chi connectivity index (χ0v) is 16.6. The van der Waals surface area contributed by atoms with Gasteiger partial charge in [-0.15, -0.1) is 0 Å². The van der Waals surface area contributed by atoms with Crippen molar-refractivity contribution in [2.45, 2.75) is 37.6 Å². The van der Waals surface area contributed by atoms with Crippen LogP contribution in [0.3, 0.4) is 0 Å². The second kappa shape index (κ2) is 7.81. The Bertz CT molecular complexity index is 1090. The summed E-state index contributed by atoms with van der Waals surface area (Å²) in [5.74, 6) is 0.681. The highest BCUT2D eigenvalue weighted by molar-refractivity contribution is 7.89. The van der Waals surface area contributed by atoms with Crippen LogP contribution in [0.15, 0.2) is 47.5 Å². The maximum Gasteiger partial charge on any atom is 0.243 e. The van der Waals surface area contributed by atoms with Gasteiger partial charge in [0.15, 0.2) is 0 Å². The summed E-state index contributed by atoms with van der Waals surface area (Å²) < 4.78 is 28.4. The molecule has 0 unspecified atom stereocenters. The van der Waals surface area contributed by atoms with Gasteiger partial charge in [0.05, 0.1) is 17.8 Å². The Hall–Kier alpha value is -2.58. The third kappa shape index (κ3) is 3.98. The van der Waals surface area contributed by atoms with Gasteiger partial charge < -0.3 is 4.90 Å². The summed E-state index contributed by atoms with van der Waals surface area (Å²) in [6.07, 6.45) is 5.09. The van der Waals surface area contributed by atoms with Gasteiger partial charge in [-0.3, -0.25) is 4.98 Å². The predicted octanol–water partition coefficient (Wildman–Crippen LogP) is 2.80. The van der Waals surface area contributed by atoms with E-state index in [9.17, 15) is 8.42 Å². The number of aryl methyl sites for hydroxylation is 1. The summed E-state index contributed by atoms with van der Waals surface area (Å²) in [5, 5.41) is 0.788. The first-order valence-electron chi connectivity index (χ1n) is 9.46. The number of anilines is 1. The van der Waals surface area contributed by atoms with Crippen molar-refractivity contribution in [2.75, 3.05) is 18.0 Å². The summed E-state index contributed by atoms with van der Waals surface area (Å²) in [5.41, 5.74) is 1.95. The van der Waals surface area contributed by atoms with Gasteiger partial charge >= 0.3 is 0 Å². The molecule has 1 N–H and O–H groups in total. The molecule has 0 atom stereocenters. The summed E-state index contributed by atoms with van der Waals surface area (Å²) in [7, 11) is -3.72. The van der Waals surface area contributed by atoms with Gasteiger partial charge in [0.1, 0.15) is 4.90 Å². The van der Waals surface area contributed by atoms with E-state index in [-0.39, 0.29) is 11.4 Å². The number of benzene rings is 1. The summed E-state index contributed by atoms with van der Waals surface area (Å²) in [6, 6.07) is 10.6. The van der Waals surface area contributed by atoms with Crippen LogP contribution >= 0.6 is 0 Å². The van der Waals surface area contributed by atoms with E-state index < -0.39 is 10.0 Å². The lowest BCUT2D eigenvalue weighted by atomic mass is 10.1. The van der Waals surface area contributed by atoms with Crippen molar-refractivity contribution in [3.8, 4) is 0 Å². The molecule has 1 fully saturated rings. The van der Waals surface area contributed by atoms with Crippen molar-refractivity contribution in [2.24, 2.45) is 0 Å². The minimum Gasteiger partial charge on any atom is -0.341 e. The third-order valence-corrected chi connectivity index (χ3v) is 6.30. The van der Waals surface area contributed by atoms with Crippen LogP contribution in [-0.2, 0) is 16.6 Å². The van der Waals surface area contributed by atoms with Crippen LogP contribution in [-0.4, -0.2) is 36.5 Å². The molecule has 146 valence electrons. The van der Waals surface area contributed by atoms with Crippen LogP contribution in [0.25, 0.3) is 10.9 Å². The van der Waals surface area contributed by atoms with Crippen LogP contribution in [0.5, 0.6) is 0 Å². The molecule has 0 aliphatic carbocycles. The van der Waals surface area contributed by atoms with Crippen molar-refractivity contribution < 1.29 is 8.42 Å². The second-order valence-corrected chi connectivity index (χ2v) is 8.74. The highest BCUT2D eigenvalue weighted by Gasteiger charge is 2.19. The number of para-hydroxylation sites is 1. The molecule has 1 aliphatic heterocycles. The van der Waals surface area contributed by atoms with E-state index in [1.807, 2.05) is 25.1 Å². The van der Waals surface area contributed by atoms with Crippen LogP contribution in [0, 0.1) is 6.92 Å². The molecule has 0 amide bonds. The molecule has 1 saturated heterocycles. The van der Waals surface area contributed by atoms with E-state index in [0.717, 1.165) is 37.0 Å². The predicted molar refractivity (Wildman–Crippen MR) is 109 cm³/mol. The zero-order valence-electron chi connectivity index (χ0n) is 15.8. The smallest absolute Gasteiger partial charge is 0.243 e. The number of hydrogen-bond acceptors (Lipinski definition) is 6. The second-order valence-electron chi connectivity index (χ2n) is 7.00. The molecule has 0 bridgehead atoms. The normalized spacial score (nSPS) is 15.1. The SMILES string of the molecule is Cc1cc(CNS(=O)(=O)c2cccc3cccnc23)nc(N2CCCCC2)n1. The van der Waals surface area contributed by atoms with Crippen LogP contribution in [0.2, 0.25) is 0 Å². The first-order chi connectivity index (χ1) is 13.5. The average molecular weight is 398 g/mol. The first kappa shape index (κ1) is 18.8. The Balaban J connectivity index is 1.57. The molecule has 3 heterocycles. The number of nitrogens with one attached hydrogen (secondary N) is 1. The quantitative estimate of drug-likeness (QED) is 0.712. The van der Waals surface area contributed by atoms with E-state index in [1.54, 1.807) is 24.4 Å². The van der Waals surface area contributed by atoms with E-state index in [1.165, 1.54) is 6.42 Å². The van der Waals surface area contributed by atoms with E-state index in [2.05, 4.69) is 24.6 Å². The molecule has 28 heavy (non-hydrogen) atoms. The summed E-state index contributed by atoms with van der Waals surface area (Å²) in [6.45, 7) is 3.89. The Morgan fingerprint density at radius 3 is 2.68 bits per heavy atom. The largest absolute Gasteiger partial charge is 0.341 e. The molecule has 0 spiro atoms. The van der Waals surface area contributed by atoms with Gasteiger partial charge in [-0.25, -0.2) is 23.1 Å². The highest BCUT2D eigenvalue weighted by Crippen LogP contribution is 2.21. The fourth-order valence-electron chi connectivity index (χ4n) is 3.48. The number of fused-ring (bicyclic) bond motifs is 1. The maximum absolute atomic E-state index is 12.9. The lowest BCUT2D eigenvalue weighted by molar-refractivity contribution is 0.565. The fourth-order valence-corrected chi connectivity index (χ4v) is 4.66. The van der Waals surface area contributed by atoms with Crippen LogP contribution < -0.4 is 9.62 Å². The molecule has 7 nitrogen and oxygen atoms in total. The van der Waals surface area contributed by atoms with Crippen molar-refractivity contribution in [3.05, 3.63) is 54.0 Å². The molecule has 2 aromatic heterocycles. The van der Waals surface area contributed by atoms with Gasteiger partial charge in [0.25, 0.3) is 0 Å². The molecule has 8 heteroatoms. The van der Waals surface area contributed by atoms with Gasteiger partial charge in [0, 0.05) is 30.4 Å². The van der Waals surface area contributed by atoms with Gasteiger partial charge in [-0.1, -0.05) is 18.2 Å². The number of pyridine rings is 1. The van der Waals surface area contributed by atoms with Crippen molar-refractivity contribution in [3.63, 3.8) is 0 Å². The topological polar surface area (TPSA) is 88.1 Å². The number of rotatable bonds is 5. The van der Waals surface area contributed by atoms with Gasteiger partial charge in [-0.05, 0) is 44.4 Å². The Morgan fingerprint density at radius 1 is 1.07 bits per heavy atom. The number of hydrogen-bond donors (Lipinski definition) is 1. The lowest BCUT2D eigenvalue weighted by Crippen LogP contribution is -2.32. The molecule has 1 aliphatic rings. The number of sulfonamides is 1. The first-order valence-corrected chi connectivity index (χ1v) is 10.9. The average Bonchev–Trinajstić information content (AvgIpc) is 2.72. The minimum atomic E-state index is -3.72. The minimum absolute atomic E-state index is 0.107. The van der Waals surface area contributed by atoms with E-state index >= 15 is 0 Å². The fraction of sp³-hybridized carbons (Fsp3) is 0.350. The monoisotopic (exact) mass is 397 g/mol. The number of piperidine rings is 1. The van der Waals surface area contributed by atoms with E-state index in [4.69, 9.17) is 0 Å². The highest BCUT2D eigenvalue weighted by atomic mass is 32.2. The van der Waals surface area contributed by atoms with Crippen molar-refractivity contribution >= 4 is 26.9 Å². The maximum atomic E-state index is 12.9. The summed E-state index contributed by atoms with van der Waals surface area (Å²) >= 11 is 0. The Morgan fingerprint density at radius 2 is 1.86 bits per heavy atom.